The highest BCUT2D eigenvalue weighted by Crippen LogP contribution is 2.37. The van der Waals surface area contributed by atoms with Crippen molar-refractivity contribution in [1.29, 1.82) is 0 Å². The predicted molar refractivity (Wildman–Crippen MR) is 166 cm³/mol. The largest absolute Gasteiger partial charge is 0.308 e. The Balaban J connectivity index is 1.35. The Kier molecular flexibility index (Phi) is 5.38. The molecule has 41 heavy (non-hydrogen) atoms. The van der Waals surface area contributed by atoms with Crippen molar-refractivity contribution in [2.45, 2.75) is 0 Å². The summed E-state index contributed by atoms with van der Waals surface area (Å²) in [7, 11) is 0. The molecule has 0 aliphatic rings. The maximum absolute atomic E-state index is 4.92. The van der Waals surface area contributed by atoms with Crippen LogP contribution in [0.1, 0.15) is 0 Å². The van der Waals surface area contributed by atoms with Gasteiger partial charge in [-0.15, -0.1) is 0 Å². The van der Waals surface area contributed by atoms with E-state index in [2.05, 4.69) is 76.3 Å². The third-order valence-electron chi connectivity index (χ3n) is 7.50. The quantitative estimate of drug-likeness (QED) is 0.231. The average molecular weight is 526 g/mol. The topological polar surface area (TPSA) is 56.5 Å². The van der Waals surface area contributed by atoms with Crippen LogP contribution in [0, 0.1) is 0 Å². The number of benzene rings is 5. The second-order valence-corrected chi connectivity index (χ2v) is 10.0. The van der Waals surface area contributed by atoms with E-state index in [0.29, 0.717) is 17.5 Å². The molecule has 0 atom stereocenters. The van der Waals surface area contributed by atoms with E-state index in [0.717, 1.165) is 33.4 Å². The molecule has 0 aliphatic carbocycles. The normalized spacial score (nSPS) is 11.4. The van der Waals surface area contributed by atoms with Gasteiger partial charge in [0.15, 0.2) is 17.5 Å². The number of hydrogen-bond donors (Lipinski definition) is 0. The zero-order valence-electron chi connectivity index (χ0n) is 22.0. The molecule has 0 aliphatic heterocycles. The van der Waals surface area contributed by atoms with E-state index >= 15 is 0 Å². The van der Waals surface area contributed by atoms with Crippen LogP contribution in [0.2, 0.25) is 0 Å². The number of nitrogens with zero attached hydrogens (tertiary/aromatic N) is 5. The molecule has 0 amide bonds. The molecule has 0 unspecified atom stereocenters. The van der Waals surface area contributed by atoms with Crippen LogP contribution in [-0.4, -0.2) is 24.5 Å². The van der Waals surface area contributed by atoms with Crippen molar-refractivity contribution in [3.8, 4) is 39.9 Å². The standard InChI is InChI=1S/C36H23N5/c1-3-12-25(13-4-1)34-38-35(26-14-5-2-6-15-26)40-36(39-34)27-21-28(23-37-22-27)41-31-18-10-9-17-30(31)33-29-16-8-7-11-24(29)19-20-32(33)41/h1-23H. The molecule has 8 rings (SSSR count). The van der Waals surface area contributed by atoms with Gasteiger partial charge in [0, 0.05) is 33.7 Å². The first-order chi connectivity index (χ1) is 20.3. The van der Waals surface area contributed by atoms with Crippen molar-refractivity contribution in [2.75, 3.05) is 0 Å². The summed E-state index contributed by atoms with van der Waals surface area (Å²) in [6.07, 6.45) is 3.73. The van der Waals surface area contributed by atoms with Crippen molar-refractivity contribution in [3.05, 3.63) is 140 Å². The maximum atomic E-state index is 4.92. The molecule has 192 valence electrons. The third-order valence-corrected chi connectivity index (χ3v) is 7.50. The molecule has 0 fully saturated rings. The molecule has 3 heterocycles. The highest BCUT2D eigenvalue weighted by atomic mass is 15.0. The molecule has 0 spiro atoms. The van der Waals surface area contributed by atoms with Crippen LogP contribution in [0.25, 0.3) is 72.4 Å². The molecule has 5 aromatic carbocycles. The molecule has 0 saturated carbocycles. The molecule has 0 N–H and O–H groups in total. The molecule has 0 saturated heterocycles. The third kappa shape index (κ3) is 3.95. The van der Waals surface area contributed by atoms with Crippen LogP contribution in [0.3, 0.4) is 0 Å². The van der Waals surface area contributed by atoms with Crippen molar-refractivity contribution in [1.82, 2.24) is 24.5 Å². The molecule has 5 heteroatoms. The summed E-state index contributed by atoms with van der Waals surface area (Å²) in [5.41, 5.74) is 5.91. The van der Waals surface area contributed by atoms with Gasteiger partial charge in [-0.3, -0.25) is 4.98 Å². The van der Waals surface area contributed by atoms with Gasteiger partial charge in [0.2, 0.25) is 0 Å². The van der Waals surface area contributed by atoms with E-state index in [9.17, 15) is 0 Å². The van der Waals surface area contributed by atoms with Crippen LogP contribution in [0.15, 0.2) is 140 Å². The second-order valence-electron chi connectivity index (χ2n) is 10.0. The van der Waals surface area contributed by atoms with Gasteiger partial charge >= 0.3 is 0 Å². The molecule has 0 bridgehead atoms. The van der Waals surface area contributed by atoms with Crippen molar-refractivity contribution < 1.29 is 0 Å². The minimum absolute atomic E-state index is 0.582. The van der Waals surface area contributed by atoms with E-state index < -0.39 is 0 Å². The fraction of sp³-hybridized carbons (Fsp3) is 0. The van der Waals surface area contributed by atoms with Crippen LogP contribution in [0.4, 0.5) is 0 Å². The van der Waals surface area contributed by atoms with Crippen LogP contribution < -0.4 is 0 Å². The summed E-state index contributed by atoms with van der Waals surface area (Å²) < 4.78 is 2.28. The molecular weight excluding hydrogens is 502 g/mol. The zero-order chi connectivity index (χ0) is 27.2. The fourth-order valence-corrected chi connectivity index (χ4v) is 5.63. The van der Waals surface area contributed by atoms with Gasteiger partial charge in [0.25, 0.3) is 0 Å². The highest BCUT2D eigenvalue weighted by Gasteiger charge is 2.17. The molecular formula is C36H23N5. The van der Waals surface area contributed by atoms with Gasteiger partial charge in [-0.25, -0.2) is 15.0 Å². The maximum Gasteiger partial charge on any atom is 0.165 e. The summed E-state index contributed by atoms with van der Waals surface area (Å²) in [5, 5.41) is 4.91. The SMILES string of the molecule is c1ccc(-c2nc(-c3ccccc3)nc(-c3cncc(-n4c5ccccc5c5c6ccccc6ccc54)c3)n2)cc1. The lowest BCUT2D eigenvalue weighted by molar-refractivity contribution is 1.06. The van der Waals surface area contributed by atoms with E-state index in [-0.39, 0.29) is 0 Å². The number of para-hydroxylation sites is 1. The van der Waals surface area contributed by atoms with E-state index in [4.69, 9.17) is 15.0 Å². The zero-order valence-corrected chi connectivity index (χ0v) is 22.0. The van der Waals surface area contributed by atoms with Crippen LogP contribution in [0.5, 0.6) is 0 Å². The summed E-state index contributed by atoms with van der Waals surface area (Å²) >= 11 is 0. The summed E-state index contributed by atoms with van der Waals surface area (Å²) in [5.74, 6) is 1.84. The first kappa shape index (κ1) is 23.2. The first-order valence-electron chi connectivity index (χ1n) is 13.6. The lowest BCUT2D eigenvalue weighted by Crippen LogP contribution is -2.01. The Morgan fingerprint density at radius 1 is 0.439 bits per heavy atom. The summed E-state index contributed by atoms with van der Waals surface area (Å²) in [6.45, 7) is 0. The van der Waals surface area contributed by atoms with Gasteiger partial charge in [0.05, 0.1) is 22.9 Å². The lowest BCUT2D eigenvalue weighted by Gasteiger charge is -2.11. The molecule has 3 aromatic heterocycles. The van der Waals surface area contributed by atoms with Crippen molar-refractivity contribution >= 4 is 32.6 Å². The van der Waals surface area contributed by atoms with Gasteiger partial charge in [-0.05, 0) is 29.0 Å². The molecule has 5 nitrogen and oxygen atoms in total. The number of rotatable bonds is 4. The Morgan fingerprint density at radius 3 is 1.73 bits per heavy atom. The number of hydrogen-bond acceptors (Lipinski definition) is 4. The molecule has 8 aromatic rings. The monoisotopic (exact) mass is 525 g/mol. The van der Waals surface area contributed by atoms with Gasteiger partial charge in [-0.2, -0.15) is 0 Å². The Hall–Kier alpha value is -5.68. The summed E-state index contributed by atoms with van der Waals surface area (Å²) in [4.78, 5) is 19.3. The Morgan fingerprint density at radius 2 is 1.02 bits per heavy atom. The van der Waals surface area contributed by atoms with Crippen LogP contribution >= 0.6 is 0 Å². The summed E-state index contributed by atoms with van der Waals surface area (Å²) in [6, 6.07) is 43.7. The smallest absolute Gasteiger partial charge is 0.165 e. The Bertz CT molecular complexity index is 2140. The lowest BCUT2D eigenvalue weighted by atomic mass is 10.0. The number of fused-ring (bicyclic) bond motifs is 5. The fourth-order valence-electron chi connectivity index (χ4n) is 5.63. The highest BCUT2D eigenvalue weighted by molar-refractivity contribution is 6.21. The van der Waals surface area contributed by atoms with E-state index in [1.54, 1.807) is 0 Å². The van der Waals surface area contributed by atoms with Crippen molar-refractivity contribution in [2.24, 2.45) is 0 Å². The second kappa shape index (κ2) is 9.50. The van der Waals surface area contributed by atoms with Crippen molar-refractivity contribution in [3.63, 3.8) is 0 Å². The average Bonchev–Trinajstić information content (AvgIpc) is 3.40. The number of pyridine rings is 1. The van der Waals surface area contributed by atoms with Crippen LogP contribution in [-0.2, 0) is 0 Å². The molecule has 0 radical (unpaired) electrons. The van der Waals surface area contributed by atoms with E-state index in [1.807, 2.05) is 73.1 Å². The minimum Gasteiger partial charge on any atom is -0.308 e. The minimum atomic E-state index is 0.582. The van der Waals surface area contributed by atoms with Gasteiger partial charge in [-0.1, -0.05) is 109 Å². The Labute approximate surface area is 236 Å². The number of aromatic nitrogens is 5. The van der Waals surface area contributed by atoms with Gasteiger partial charge < -0.3 is 4.57 Å². The van der Waals surface area contributed by atoms with E-state index in [1.165, 1.54) is 21.5 Å². The van der Waals surface area contributed by atoms with Gasteiger partial charge in [0.1, 0.15) is 0 Å². The predicted octanol–water partition coefficient (Wildman–Crippen LogP) is 8.52. The first-order valence-corrected chi connectivity index (χ1v) is 13.6.